The second-order valence-corrected chi connectivity index (χ2v) is 10.7. The molecule has 35 heavy (non-hydrogen) atoms. The highest BCUT2D eigenvalue weighted by molar-refractivity contribution is 5.84. The number of halogens is 1. The minimum Gasteiger partial charge on any atom is -0.206 e. The lowest BCUT2D eigenvalue weighted by molar-refractivity contribution is 0.303. The maximum absolute atomic E-state index is 14.9. The zero-order valence-corrected chi connectivity index (χ0v) is 21.9. The molecule has 0 radical (unpaired) electrons. The van der Waals surface area contributed by atoms with Gasteiger partial charge < -0.3 is 0 Å². The summed E-state index contributed by atoms with van der Waals surface area (Å²) in [6.07, 6.45) is 18.9. The van der Waals surface area contributed by atoms with E-state index in [-0.39, 0.29) is 5.82 Å². The molecule has 0 spiro atoms. The van der Waals surface area contributed by atoms with E-state index in [1.807, 2.05) is 25.1 Å². The molecule has 1 heteroatoms. The molecule has 1 aliphatic carbocycles. The predicted octanol–water partition coefficient (Wildman–Crippen LogP) is 10.1. The van der Waals surface area contributed by atoms with Crippen LogP contribution in [0.1, 0.15) is 99.8 Å². The molecule has 1 aliphatic rings. The topological polar surface area (TPSA) is 0 Å². The van der Waals surface area contributed by atoms with E-state index in [2.05, 4.69) is 55.5 Å². The van der Waals surface area contributed by atoms with Crippen LogP contribution in [0.25, 0.3) is 10.8 Å². The molecule has 0 saturated heterocycles. The SMILES string of the molecule is C/C=C/CCc1ccc2cc(CCc3ccc(C4CCC(CCCCC)CC4)cc3)ccc2c1F. The van der Waals surface area contributed by atoms with Gasteiger partial charge >= 0.3 is 0 Å². The van der Waals surface area contributed by atoms with Crippen molar-refractivity contribution in [3.05, 3.63) is 94.8 Å². The molecule has 3 aromatic rings. The molecule has 0 bridgehead atoms. The van der Waals surface area contributed by atoms with Crippen LogP contribution in [0.4, 0.5) is 4.39 Å². The summed E-state index contributed by atoms with van der Waals surface area (Å²) in [4.78, 5) is 0. The van der Waals surface area contributed by atoms with Gasteiger partial charge in [-0.1, -0.05) is 99.4 Å². The summed E-state index contributed by atoms with van der Waals surface area (Å²) in [6.45, 7) is 4.31. The van der Waals surface area contributed by atoms with Crippen LogP contribution in [0.3, 0.4) is 0 Å². The van der Waals surface area contributed by atoms with Crippen molar-refractivity contribution >= 4 is 10.8 Å². The minimum atomic E-state index is -0.0517. The molecular formula is C34H43F. The minimum absolute atomic E-state index is 0.0517. The lowest BCUT2D eigenvalue weighted by Gasteiger charge is -2.29. The van der Waals surface area contributed by atoms with Gasteiger partial charge in [0.05, 0.1) is 0 Å². The molecule has 0 amide bonds. The van der Waals surface area contributed by atoms with E-state index in [9.17, 15) is 4.39 Å². The van der Waals surface area contributed by atoms with Gasteiger partial charge in [-0.05, 0) is 97.8 Å². The van der Waals surface area contributed by atoms with E-state index >= 15 is 0 Å². The Hall–Kier alpha value is -2.41. The van der Waals surface area contributed by atoms with Crippen LogP contribution in [0.5, 0.6) is 0 Å². The Labute approximate surface area is 212 Å². The number of aryl methyl sites for hydroxylation is 3. The lowest BCUT2D eigenvalue weighted by atomic mass is 9.77. The molecular weight excluding hydrogens is 427 g/mol. The first-order valence-corrected chi connectivity index (χ1v) is 14.1. The lowest BCUT2D eigenvalue weighted by Crippen LogP contribution is -2.13. The van der Waals surface area contributed by atoms with Gasteiger partial charge in [-0.2, -0.15) is 0 Å². The third kappa shape index (κ3) is 7.06. The van der Waals surface area contributed by atoms with Crippen LogP contribution in [0, 0.1) is 11.7 Å². The van der Waals surface area contributed by atoms with Crippen molar-refractivity contribution in [3.63, 3.8) is 0 Å². The summed E-state index contributed by atoms with van der Waals surface area (Å²) >= 11 is 0. The third-order valence-electron chi connectivity index (χ3n) is 8.13. The Bertz CT molecular complexity index is 1080. The van der Waals surface area contributed by atoms with Gasteiger partial charge in [-0.25, -0.2) is 4.39 Å². The van der Waals surface area contributed by atoms with E-state index in [0.717, 1.165) is 53.9 Å². The highest BCUT2D eigenvalue weighted by Gasteiger charge is 2.22. The fourth-order valence-electron chi connectivity index (χ4n) is 5.85. The normalized spacial score (nSPS) is 18.5. The molecule has 3 aromatic carbocycles. The molecule has 0 N–H and O–H groups in total. The first kappa shape index (κ1) is 25.7. The van der Waals surface area contributed by atoms with Crippen LogP contribution in [-0.2, 0) is 19.3 Å². The van der Waals surface area contributed by atoms with Crippen LogP contribution in [0.15, 0.2) is 66.7 Å². The predicted molar refractivity (Wildman–Crippen MR) is 150 cm³/mol. The summed E-state index contributed by atoms with van der Waals surface area (Å²) in [7, 11) is 0. The fraction of sp³-hybridized carbons (Fsp3) is 0.471. The summed E-state index contributed by atoms with van der Waals surface area (Å²) in [5.41, 5.74) is 5.03. The number of unbranched alkanes of at least 4 members (excludes halogenated alkanes) is 2. The number of allylic oxidation sites excluding steroid dienone is 2. The smallest absolute Gasteiger partial charge is 0.134 e. The summed E-state index contributed by atoms with van der Waals surface area (Å²) in [5.74, 6) is 1.67. The average molecular weight is 471 g/mol. The van der Waals surface area contributed by atoms with E-state index in [0.29, 0.717) is 0 Å². The van der Waals surface area contributed by atoms with Crippen LogP contribution in [0.2, 0.25) is 0 Å². The maximum Gasteiger partial charge on any atom is 0.134 e. The maximum atomic E-state index is 14.9. The van der Waals surface area contributed by atoms with Gasteiger partial charge in [-0.15, -0.1) is 0 Å². The summed E-state index contributed by atoms with van der Waals surface area (Å²) in [6, 6.07) is 19.7. The van der Waals surface area contributed by atoms with Crippen molar-refractivity contribution in [3.8, 4) is 0 Å². The molecule has 0 aliphatic heterocycles. The molecule has 4 rings (SSSR count). The van der Waals surface area contributed by atoms with Gasteiger partial charge in [-0.3, -0.25) is 0 Å². The number of hydrogen-bond donors (Lipinski definition) is 0. The molecule has 0 atom stereocenters. The number of benzene rings is 3. The molecule has 0 aromatic heterocycles. The van der Waals surface area contributed by atoms with Crippen LogP contribution >= 0.6 is 0 Å². The number of hydrogen-bond acceptors (Lipinski definition) is 0. The summed E-state index contributed by atoms with van der Waals surface area (Å²) < 4.78 is 14.9. The van der Waals surface area contributed by atoms with Crippen molar-refractivity contribution in [2.75, 3.05) is 0 Å². The zero-order chi connectivity index (χ0) is 24.5. The Morgan fingerprint density at radius 2 is 1.57 bits per heavy atom. The van der Waals surface area contributed by atoms with Gasteiger partial charge in [0.1, 0.15) is 5.82 Å². The second-order valence-electron chi connectivity index (χ2n) is 10.7. The fourth-order valence-corrected chi connectivity index (χ4v) is 5.85. The Morgan fingerprint density at radius 3 is 2.31 bits per heavy atom. The van der Waals surface area contributed by atoms with Crippen LogP contribution < -0.4 is 0 Å². The Kier molecular flexibility index (Phi) is 9.57. The Morgan fingerprint density at radius 1 is 0.829 bits per heavy atom. The average Bonchev–Trinajstić information content (AvgIpc) is 2.90. The number of fused-ring (bicyclic) bond motifs is 1. The first-order chi connectivity index (χ1) is 17.2. The van der Waals surface area contributed by atoms with E-state index in [1.54, 1.807) is 0 Å². The van der Waals surface area contributed by atoms with Crippen molar-refractivity contribution in [1.82, 2.24) is 0 Å². The molecule has 186 valence electrons. The number of rotatable bonds is 11. The molecule has 1 fully saturated rings. The van der Waals surface area contributed by atoms with E-state index < -0.39 is 0 Å². The molecule has 1 saturated carbocycles. The quantitative estimate of drug-likeness (QED) is 0.193. The van der Waals surface area contributed by atoms with Crippen molar-refractivity contribution in [2.45, 2.75) is 96.8 Å². The highest BCUT2D eigenvalue weighted by atomic mass is 19.1. The second kappa shape index (κ2) is 13.1. The molecule has 0 unspecified atom stereocenters. The van der Waals surface area contributed by atoms with Gasteiger partial charge in [0.25, 0.3) is 0 Å². The van der Waals surface area contributed by atoms with Crippen molar-refractivity contribution in [2.24, 2.45) is 5.92 Å². The zero-order valence-electron chi connectivity index (χ0n) is 21.9. The standard InChI is InChI=1S/C34H43F/c1-3-5-7-9-26-13-18-29(19-14-26)30-20-15-27(16-21-30)11-12-28-17-24-33-32(25-28)23-22-31(34(33)35)10-8-6-4-2/h4,6,15-17,20-26,29H,3,5,7-14,18-19H2,1-2H3/b6-4+. The van der Waals surface area contributed by atoms with E-state index in [1.165, 1.54) is 68.1 Å². The first-order valence-electron chi connectivity index (χ1n) is 14.1. The molecule has 0 heterocycles. The monoisotopic (exact) mass is 470 g/mol. The van der Waals surface area contributed by atoms with Crippen molar-refractivity contribution < 1.29 is 4.39 Å². The highest BCUT2D eigenvalue weighted by Crippen LogP contribution is 2.37. The largest absolute Gasteiger partial charge is 0.206 e. The van der Waals surface area contributed by atoms with Gasteiger partial charge in [0.2, 0.25) is 0 Å². The van der Waals surface area contributed by atoms with Crippen molar-refractivity contribution in [1.29, 1.82) is 0 Å². The third-order valence-corrected chi connectivity index (χ3v) is 8.13. The van der Waals surface area contributed by atoms with Crippen LogP contribution in [-0.4, -0.2) is 0 Å². The summed E-state index contributed by atoms with van der Waals surface area (Å²) in [5, 5.41) is 1.76. The molecule has 0 nitrogen and oxygen atoms in total. The van der Waals surface area contributed by atoms with Gasteiger partial charge in [0, 0.05) is 5.39 Å². The van der Waals surface area contributed by atoms with E-state index in [4.69, 9.17) is 0 Å². The Balaban J connectivity index is 1.30. The van der Waals surface area contributed by atoms with Gasteiger partial charge in [0.15, 0.2) is 0 Å².